The third-order valence-corrected chi connectivity index (χ3v) is 7.29. The molecule has 1 N–H and O–H groups in total. The second-order valence-electron chi connectivity index (χ2n) is 6.57. The van der Waals surface area contributed by atoms with Gasteiger partial charge in [0, 0.05) is 11.4 Å². The number of benzene rings is 1. The summed E-state index contributed by atoms with van der Waals surface area (Å²) in [5, 5.41) is 1.99. The molecular weight excluding hydrogens is 366 g/mol. The molecule has 0 aliphatic heterocycles. The SMILES string of the molecule is O=S(=O)(NC[C@@H](c1ccco1)c1cccs1)c1ccc2c(c1)CCCC2. The van der Waals surface area contributed by atoms with Crippen molar-refractivity contribution in [1.29, 1.82) is 0 Å². The minimum Gasteiger partial charge on any atom is -0.469 e. The molecule has 2 aromatic heterocycles. The predicted molar refractivity (Wildman–Crippen MR) is 103 cm³/mol. The van der Waals surface area contributed by atoms with E-state index in [0.29, 0.717) is 4.90 Å². The minimum absolute atomic E-state index is 0.127. The molecule has 0 saturated heterocycles. The summed E-state index contributed by atoms with van der Waals surface area (Å²) in [4.78, 5) is 1.43. The molecule has 0 amide bonds. The van der Waals surface area contributed by atoms with Gasteiger partial charge in [-0.05, 0) is 72.5 Å². The van der Waals surface area contributed by atoms with Crippen LogP contribution in [0.2, 0.25) is 0 Å². The third kappa shape index (κ3) is 3.63. The number of fused-ring (bicyclic) bond motifs is 1. The monoisotopic (exact) mass is 387 g/mol. The van der Waals surface area contributed by atoms with Gasteiger partial charge in [0.1, 0.15) is 5.76 Å². The van der Waals surface area contributed by atoms with Gasteiger partial charge in [0.05, 0.1) is 17.1 Å². The Hall–Kier alpha value is -1.89. The Labute approximate surface area is 157 Å². The first kappa shape index (κ1) is 17.5. The number of aryl methyl sites for hydroxylation is 2. The van der Waals surface area contributed by atoms with Crippen molar-refractivity contribution in [2.24, 2.45) is 0 Å². The van der Waals surface area contributed by atoms with Crippen LogP contribution in [0.5, 0.6) is 0 Å². The molecule has 26 heavy (non-hydrogen) atoms. The number of nitrogens with one attached hydrogen (secondary N) is 1. The summed E-state index contributed by atoms with van der Waals surface area (Å²) in [6.45, 7) is 0.271. The molecule has 0 unspecified atom stereocenters. The highest BCUT2D eigenvalue weighted by Gasteiger charge is 2.23. The van der Waals surface area contributed by atoms with Gasteiger partial charge in [0.15, 0.2) is 0 Å². The van der Waals surface area contributed by atoms with Gasteiger partial charge in [0.25, 0.3) is 0 Å². The second-order valence-corrected chi connectivity index (χ2v) is 9.32. The Balaban J connectivity index is 1.55. The lowest BCUT2D eigenvalue weighted by atomic mass is 9.92. The number of hydrogen-bond donors (Lipinski definition) is 1. The van der Waals surface area contributed by atoms with Crippen molar-refractivity contribution in [2.45, 2.75) is 36.5 Å². The third-order valence-electron chi connectivity index (χ3n) is 4.88. The zero-order chi connectivity index (χ0) is 18.0. The largest absolute Gasteiger partial charge is 0.469 e. The molecule has 0 spiro atoms. The summed E-state index contributed by atoms with van der Waals surface area (Å²) in [5.74, 6) is 0.637. The minimum atomic E-state index is -3.56. The maximum atomic E-state index is 12.8. The van der Waals surface area contributed by atoms with Crippen molar-refractivity contribution in [3.63, 3.8) is 0 Å². The molecule has 4 nitrogen and oxygen atoms in total. The Kier molecular flexibility index (Phi) is 4.98. The highest BCUT2D eigenvalue weighted by atomic mass is 32.2. The molecule has 2 heterocycles. The smallest absolute Gasteiger partial charge is 0.240 e. The lowest BCUT2D eigenvalue weighted by Gasteiger charge is -2.18. The molecule has 0 saturated carbocycles. The van der Waals surface area contributed by atoms with Gasteiger partial charge < -0.3 is 4.42 Å². The van der Waals surface area contributed by atoms with Gasteiger partial charge in [-0.2, -0.15) is 0 Å². The van der Waals surface area contributed by atoms with Crippen LogP contribution >= 0.6 is 11.3 Å². The average molecular weight is 388 g/mol. The normalized spacial score (nSPS) is 15.5. The maximum Gasteiger partial charge on any atom is 0.240 e. The zero-order valence-corrected chi connectivity index (χ0v) is 16.0. The number of sulfonamides is 1. The molecule has 0 fully saturated rings. The molecule has 1 atom stereocenters. The van der Waals surface area contributed by atoms with Crippen molar-refractivity contribution in [3.8, 4) is 0 Å². The van der Waals surface area contributed by atoms with E-state index in [1.807, 2.05) is 41.8 Å². The van der Waals surface area contributed by atoms with Crippen LogP contribution in [0.4, 0.5) is 0 Å². The standard InChI is InChI=1S/C20H21NO3S2/c22-26(23,17-10-9-15-5-1-2-6-16(15)13-17)21-14-18(19-7-3-11-24-19)20-8-4-12-25-20/h3-4,7-13,18,21H,1-2,5-6,14H2/t18-/m0/s1. The van der Waals surface area contributed by atoms with E-state index >= 15 is 0 Å². The van der Waals surface area contributed by atoms with E-state index in [9.17, 15) is 8.42 Å². The summed E-state index contributed by atoms with van der Waals surface area (Å²) >= 11 is 1.60. The van der Waals surface area contributed by atoms with E-state index in [-0.39, 0.29) is 12.5 Å². The van der Waals surface area contributed by atoms with Crippen LogP contribution in [0.25, 0.3) is 0 Å². The second kappa shape index (κ2) is 7.39. The zero-order valence-electron chi connectivity index (χ0n) is 14.4. The molecule has 4 rings (SSSR count). The summed E-state index contributed by atoms with van der Waals surface area (Å²) in [7, 11) is -3.56. The average Bonchev–Trinajstić information content (AvgIpc) is 3.36. The van der Waals surface area contributed by atoms with Crippen LogP contribution in [0.15, 0.2) is 63.4 Å². The molecule has 1 aliphatic rings. The van der Waals surface area contributed by atoms with Crippen LogP contribution in [-0.4, -0.2) is 15.0 Å². The fourth-order valence-corrected chi connectivity index (χ4v) is 5.41. The Morgan fingerprint density at radius 1 is 1.08 bits per heavy atom. The number of thiophene rings is 1. The summed E-state index contributed by atoms with van der Waals surface area (Å²) < 4.78 is 34.0. The van der Waals surface area contributed by atoms with Crippen LogP contribution in [0.3, 0.4) is 0 Å². The van der Waals surface area contributed by atoms with Crippen LogP contribution in [0, 0.1) is 0 Å². The molecular formula is C20H21NO3S2. The van der Waals surface area contributed by atoms with Gasteiger partial charge >= 0.3 is 0 Å². The van der Waals surface area contributed by atoms with Crippen molar-refractivity contribution in [1.82, 2.24) is 4.72 Å². The Morgan fingerprint density at radius 2 is 1.92 bits per heavy atom. The summed E-state index contributed by atoms with van der Waals surface area (Å²) in [6.07, 6.45) is 5.94. The van der Waals surface area contributed by atoms with E-state index in [0.717, 1.165) is 29.9 Å². The van der Waals surface area contributed by atoms with Crippen molar-refractivity contribution in [2.75, 3.05) is 6.54 Å². The van der Waals surface area contributed by atoms with Crippen LogP contribution < -0.4 is 4.72 Å². The summed E-state index contributed by atoms with van der Waals surface area (Å²) in [6, 6.07) is 13.2. The van der Waals surface area contributed by atoms with E-state index in [2.05, 4.69) is 4.72 Å². The highest BCUT2D eigenvalue weighted by molar-refractivity contribution is 7.89. The first-order valence-electron chi connectivity index (χ1n) is 8.82. The topological polar surface area (TPSA) is 59.3 Å². The predicted octanol–water partition coefficient (Wildman–Crippen LogP) is 4.33. The van der Waals surface area contributed by atoms with E-state index in [4.69, 9.17) is 4.42 Å². The molecule has 0 radical (unpaired) electrons. The lowest BCUT2D eigenvalue weighted by molar-refractivity contribution is 0.483. The summed E-state index contributed by atoms with van der Waals surface area (Å²) in [5.41, 5.74) is 2.45. The molecule has 3 aromatic rings. The lowest BCUT2D eigenvalue weighted by Crippen LogP contribution is -2.29. The molecule has 1 aliphatic carbocycles. The van der Waals surface area contributed by atoms with Gasteiger partial charge in [0.2, 0.25) is 10.0 Å². The van der Waals surface area contributed by atoms with Crippen LogP contribution in [-0.2, 0) is 22.9 Å². The van der Waals surface area contributed by atoms with Gasteiger partial charge in [-0.1, -0.05) is 12.1 Å². The Bertz CT molecular complexity index is 926. The highest BCUT2D eigenvalue weighted by Crippen LogP contribution is 2.29. The quantitative estimate of drug-likeness (QED) is 0.685. The molecule has 1 aromatic carbocycles. The Morgan fingerprint density at radius 3 is 2.65 bits per heavy atom. The van der Waals surface area contributed by atoms with Gasteiger partial charge in [-0.15, -0.1) is 11.3 Å². The van der Waals surface area contributed by atoms with Gasteiger partial charge in [-0.25, -0.2) is 13.1 Å². The van der Waals surface area contributed by atoms with E-state index < -0.39 is 10.0 Å². The molecule has 136 valence electrons. The maximum absolute atomic E-state index is 12.8. The first-order chi connectivity index (χ1) is 12.6. The fourth-order valence-electron chi connectivity index (χ4n) is 3.47. The molecule has 6 heteroatoms. The number of furan rings is 1. The molecule has 0 bridgehead atoms. The van der Waals surface area contributed by atoms with Crippen molar-refractivity contribution >= 4 is 21.4 Å². The van der Waals surface area contributed by atoms with Gasteiger partial charge in [-0.3, -0.25) is 0 Å². The van der Waals surface area contributed by atoms with Crippen LogP contribution in [0.1, 0.15) is 40.5 Å². The van der Waals surface area contributed by atoms with E-state index in [1.165, 1.54) is 17.5 Å². The first-order valence-corrected chi connectivity index (χ1v) is 11.2. The van der Waals surface area contributed by atoms with Crippen molar-refractivity contribution < 1.29 is 12.8 Å². The fraction of sp³-hybridized carbons (Fsp3) is 0.300. The number of hydrogen-bond acceptors (Lipinski definition) is 4. The van der Waals surface area contributed by atoms with E-state index in [1.54, 1.807) is 23.7 Å². The number of rotatable bonds is 6. The van der Waals surface area contributed by atoms with Crippen molar-refractivity contribution in [3.05, 3.63) is 75.9 Å².